The van der Waals surface area contributed by atoms with Crippen molar-refractivity contribution < 1.29 is 86.8 Å². The molecule has 4 rings (SSSR count). The molecule has 41 nitrogen and oxygen atoms in total. The lowest BCUT2D eigenvalue weighted by molar-refractivity contribution is -0.148. The van der Waals surface area contributed by atoms with Crippen molar-refractivity contribution >= 4 is 82.8 Å². The summed E-state index contributed by atoms with van der Waals surface area (Å²) in [6.45, 7) is 9.37. The topological polar surface area (TPSA) is 631 Å². The van der Waals surface area contributed by atoms with Crippen molar-refractivity contribution in [3.8, 4) is 0 Å². The third kappa shape index (κ3) is 35.2. The highest BCUT2D eigenvalue weighted by Gasteiger charge is 2.47. The molecule has 0 radical (unpaired) electrons. The van der Waals surface area contributed by atoms with Crippen molar-refractivity contribution in [3.05, 3.63) is 0 Å². The van der Waals surface area contributed by atoms with Gasteiger partial charge in [0, 0.05) is 72.1 Å². The van der Waals surface area contributed by atoms with Crippen LogP contribution in [0.15, 0.2) is 0 Å². The van der Waals surface area contributed by atoms with E-state index in [0.717, 1.165) is 6.42 Å². The van der Waals surface area contributed by atoms with Gasteiger partial charge in [-0.25, -0.2) is 5.48 Å². The molecule has 12 amide bonds. The first kappa shape index (κ1) is 97.1. The van der Waals surface area contributed by atoms with Crippen LogP contribution in [-0.4, -0.2) is 316 Å². The van der Waals surface area contributed by atoms with Gasteiger partial charge in [0.05, 0.1) is 51.8 Å². The van der Waals surface area contributed by atoms with E-state index >= 15 is 0 Å². The number of unbranched alkanes of at least 4 members (excludes halogenated alkanes) is 3. The molecule has 4 saturated heterocycles. The Kier molecular flexibility index (Phi) is 46.8. The highest BCUT2D eigenvalue weighted by Crippen LogP contribution is 2.29. The molecule has 4 aliphatic heterocycles. The highest BCUT2D eigenvalue weighted by atomic mass is 16.6. The van der Waals surface area contributed by atoms with E-state index in [-0.39, 0.29) is 148 Å². The number of hydrogen-bond donors (Lipinski definition) is 21. The predicted molar refractivity (Wildman–Crippen MR) is 416 cm³/mol. The fourth-order valence-electron chi connectivity index (χ4n) is 13.6. The molecule has 41 heteroatoms. The minimum atomic E-state index is -1.36. The van der Waals surface area contributed by atoms with E-state index in [9.17, 15) is 67.7 Å². The van der Waals surface area contributed by atoms with Gasteiger partial charge < -0.3 is 136 Å². The van der Waals surface area contributed by atoms with Crippen molar-refractivity contribution in [1.29, 1.82) is 10.8 Å². The van der Waals surface area contributed by atoms with Crippen LogP contribution in [0.5, 0.6) is 0 Å². The fraction of sp³-hybridized carbons (Fsp3) is 0.806. The maximum absolute atomic E-state index is 14.7. The smallest absolute Gasteiger partial charge is 0.246 e. The number of nitrogens with two attached hydrogens (primary N) is 6. The molecule has 0 spiro atoms. The molecule has 113 heavy (non-hydrogen) atoms. The average molecular weight is 1610 g/mol. The van der Waals surface area contributed by atoms with E-state index in [0.29, 0.717) is 124 Å². The molecule has 27 N–H and O–H groups in total. The lowest BCUT2D eigenvalue weighted by Gasteiger charge is -2.33. The second-order valence-electron chi connectivity index (χ2n) is 28.9. The molecule has 0 aromatic heterocycles. The maximum Gasteiger partial charge on any atom is 0.246 e. The number of ether oxygens (including phenoxy) is 3. The summed E-state index contributed by atoms with van der Waals surface area (Å²) in [6, 6.07) is -12.8. The second kappa shape index (κ2) is 54.5. The molecule has 0 aromatic rings. The number of amides is 12. The number of likely N-dealkylation sites (tertiary alicyclic amines) is 4. The molecular weight excluding hydrogens is 1470 g/mol. The van der Waals surface area contributed by atoms with Crippen LogP contribution in [-0.2, 0) is 76.6 Å². The van der Waals surface area contributed by atoms with Gasteiger partial charge in [0.2, 0.25) is 70.9 Å². The largest absolute Gasteiger partial charge is 0.391 e. The molecule has 0 unspecified atom stereocenters. The summed E-state index contributed by atoms with van der Waals surface area (Å²) in [5.74, 6) is -8.31. The Morgan fingerprint density at radius 3 is 1.22 bits per heavy atom. The number of hydrogen-bond acceptors (Lipinski definition) is 25. The van der Waals surface area contributed by atoms with Gasteiger partial charge in [0.15, 0.2) is 11.9 Å². The number of rotatable bonds is 57. The van der Waals surface area contributed by atoms with Gasteiger partial charge >= 0.3 is 0 Å². The summed E-state index contributed by atoms with van der Waals surface area (Å²) in [7, 11) is 0. The van der Waals surface area contributed by atoms with Crippen LogP contribution >= 0.6 is 0 Å². The quantitative estimate of drug-likeness (QED) is 0.0117. The number of aliphatic hydroxyl groups is 2. The Bertz CT molecular complexity index is 3000. The van der Waals surface area contributed by atoms with Crippen molar-refractivity contribution in [3.63, 3.8) is 0 Å². The van der Waals surface area contributed by atoms with Crippen LogP contribution in [0.25, 0.3) is 0 Å². The monoisotopic (exact) mass is 1610 g/mol. The number of carbonyl (C=O) groups is 12. The van der Waals surface area contributed by atoms with E-state index in [1.807, 2.05) is 6.92 Å². The van der Waals surface area contributed by atoms with Crippen molar-refractivity contribution in [2.75, 3.05) is 125 Å². The summed E-state index contributed by atoms with van der Waals surface area (Å²) in [5.41, 5.74) is 37.3. The number of aliphatic hydroxyl groups excluding tert-OH is 2. The lowest BCUT2D eigenvalue weighted by Crippen LogP contribution is -2.59. The number of hydroxylamine groups is 1. The zero-order valence-electron chi connectivity index (χ0n) is 66.4. The molecule has 644 valence electrons. The average Bonchev–Trinajstić information content (AvgIpc) is 1.67. The summed E-state index contributed by atoms with van der Waals surface area (Å²) < 4.78 is 16.7. The first-order valence-corrected chi connectivity index (χ1v) is 40.2. The normalized spacial score (nSPS) is 19.1. The van der Waals surface area contributed by atoms with Crippen LogP contribution < -0.4 is 93.0 Å². The second-order valence-corrected chi connectivity index (χ2v) is 28.9. The van der Waals surface area contributed by atoms with Crippen LogP contribution in [0.3, 0.4) is 0 Å². The fourth-order valence-corrected chi connectivity index (χ4v) is 13.6. The van der Waals surface area contributed by atoms with Gasteiger partial charge in [-0.05, 0) is 182 Å². The van der Waals surface area contributed by atoms with E-state index in [4.69, 9.17) is 64.3 Å². The number of nitrogens with one attached hydrogen (secondary N) is 13. The minimum Gasteiger partial charge on any atom is -0.391 e. The first-order valence-electron chi connectivity index (χ1n) is 40.2. The summed E-state index contributed by atoms with van der Waals surface area (Å²) in [5, 5.41) is 62.6. The van der Waals surface area contributed by atoms with Gasteiger partial charge in [-0.15, -0.1) is 0 Å². The zero-order valence-corrected chi connectivity index (χ0v) is 66.4. The van der Waals surface area contributed by atoms with Crippen LogP contribution in [0.4, 0.5) is 0 Å². The van der Waals surface area contributed by atoms with Crippen molar-refractivity contribution in [2.45, 2.75) is 247 Å². The summed E-state index contributed by atoms with van der Waals surface area (Å²) >= 11 is 0. The lowest BCUT2D eigenvalue weighted by atomic mass is 10.0. The molecule has 0 aromatic carbocycles. The molecule has 4 aliphatic rings. The van der Waals surface area contributed by atoms with Gasteiger partial charge in [-0.3, -0.25) is 68.4 Å². The Morgan fingerprint density at radius 1 is 0.416 bits per heavy atom. The Balaban J connectivity index is 1.50. The van der Waals surface area contributed by atoms with Crippen molar-refractivity contribution in [1.82, 2.24) is 78.2 Å². The molecule has 0 aliphatic carbocycles. The van der Waals surface area contributed by atoms with Crippen LogP contribution in [0.2, 0.25) is 0 Å². The molecule has 4 heterocycles. The molecule has 0 bridgehead atoms. The third-order valence-corrected chi connectivity index (χ3v) is 19.9. The van der Waals surface area contributed by atoms with Crippen molar-refractivity contribution in [2.24, 2.45) is 34.4 Å². The zero-order chi connectivity index (χ0) is 83.2. The SMILES string of the molecule is CCONCCCOCCOCCOCCCNC(=O)CNC(=O)[C@@H](CCCCNC(=O)[C@H](CCCNC(=N)N)NC(=O)[C@@H]1CCCN1C(=O)[C@@H]1CCCN1C(=O)[C@H](CCCCN)NC(=O)[C@@H](N)[C@@H](C)O)NC(=O)[C@H](CCCNC(=N)N)NC(=O)[C@@H]1CCCN1C(=O)[C@@H]1CCCN1C(=O)[C@H](CCCCN)NC(=O)[C@@H](N)[C@@H](C)O. The van der Waals surface area contributed by atoms with Crippen LogP contribution in [0.1, 0.15) is 168 Å². The molecule has 4 fully saturated rings. The van der Waals surface area contributed by atoms with Gasteiger partial charge in [-0.2, -0.15) is 0 Å². The van der Waals surface area contributed by atoms with Gasteiger partial charge in [-0.1, -0.05) is 0 Å². The standard InChI is InChI=1S/C72H133N23O18/c1-4-113-86-34-18-40-111-42-44-112-43-41-110-39-17-33-81-57(98)45-85-61(100)48(87-62(101)50(23-12-32-84-72(79)80)89-64(103)54-25-14-36-93(54)70(109)56-27-16-38-95(56)68(107)52(21-6-9-29-74)91-66(105)59(76)47(3)97)19-7-10-30-82-60(99)49(22-11-31-83-71(77)78)88-63(102)53-24-13-35-92(53)69(108)55-26-15-37-94(55)67(106)51(20-5-8-28-73)90-65(104)58(75)46(2)96/h46-56,58-59,86,96-97H,4-45,73-76H2,1-3H3,(H,81,98)(H,82,99)(H,85,100)(H,87,101)(H,88,102)(H,89,103)(H,90,104)(H,91,105)(H4,77,78,83)(H4,79,80,84)/t46-,47-,48-,49+,50+,51+,52+,53+,54+,55+,56+,58+,59+/m1/s1. The number of carbonyl (C=O) groups excluding carboxylic acids is 12. The van der Waals surface area contributed by atoms with E-state index in [1.165, 1.54) is 33.4 Å². The highest BCUT2D eigenvalue weighted by molar-refractivity contribution is 5.99. The van der Waals surface area contributed by atoms with Crippen LogP contribution in [0, 0.1) is 10.8 Å². The predicted octanol–water partition coefficient (Wildman–Crippen LogP) is -6.53. The summed E-state index contributed by atoms with van der Waals surface area (Å²) in [6.07, 6.45) is 4.48. The Morgan fingerprint density at radius 2 is 0.779 bits per heavy atom. The van der Waals surface area contributed by atoms with E-state index in [2.05, 4.69) is 58.6 Å². The molecular formula is C72H133N23O18. The first-order chi connectivity index (χ1) is 54.2. The van der Waals surface area contributed by atoms with E-state index < -0.39 is 156 Å². The molecule has 0 saturated carbocycles. The Hall–Kier alpha value is -8.26. The van der Waals surface area contributed by atoms with E-state index in [1.54, 1.807) is 0 Å². The number of guanidine groups is 2. The van der Waals surface area contributed by atoms with Gasteiger partial charge in [0.25, 0.3) is 0 Å². The maximum atomic E-state index is 14.7. The molecule has 13 atom stereocenters. The summed E-state index contributed by atoms with van der Waals surface area (Å²) in [4.78, 5) is 180. The Labute approximate surface area is 662 Å². The minimum absolute atomic E-state index is 0.0182. The third-order valence-electron chi connectivity index (χ3n) is 19.9. The number of nitrogens with zero attached hydrogens (tertiary/aromatic N) is 4. The van der Waals surface area contributed by atoms with Gasteiger partial charge in [0.1, 0.15) is 66.5 Å².